The maximum absolute atomic E-state index is 13.7. The van der Waals surface area contributed by atoms with Gasteiger partial charge in [0.15, 0.2) is 5.78 Å². The number of rotatable bonds is 2. The molecule has 0 bridgehead atoms. The fourth-order valence-corrected chi connectivity index (χ4v) is 6.83. The lowest BCUT2D eigenvalue weighted by Gasteiger charge is -2.38. The number of benzene rings is 2. The van der Waals surface area contributed by atoms with Crippen molar-refractivity contribution in [2.45, 2.75) is 43.0 Å². The van der Waals surface area contributed by atoms with Gasteiger partial charge in [-0.05, 0) is 50.5 Å². The Morgan fingerprint density at radius 2 is 1.59 bits per heavy atom. The fraction of sp³-hybridized carbons (Fsp3) is 0.333. The lowest BCUT2D eigenvalue weighted by Crippen LogP contribution is -2.57. The molecule has 1 unspecified atom stereocenters. The van der Waals surface area contributed by atoms with Crippen LogP contribution >= 0.6 is 0 Å². The minimum Gasteiger partial charge on any atom is -0.299 e. The van der Waals surface area contributed by atoms with Gasteiger partial charge in [0.2, 0.25) is 0 Å². The van der Waals surface area contributed by atoms with Crippen molar-refractivity contribution in [2.75, 3.05) is 4.31 Å². The van der Waals surface area contributed by atoms with Crippen LogP contribution in [0.3, 0.4) is 0 Å². The van der Waals surface area contributed by atoms with Gasteiger partial charge in [-0.1, -0.05) is 29.8 Å². The predicted molar refractivity (Wildman–Crippen MR) is 100 cm³/mol. The standard InChI is InChI=1S/C21H19NO4S/c1-14-6-8-15(9-7-14)27(25,26)22-17-5-3-2-4-16(17)19(24)21(22)11-10-18(23)20(21)12-13-20/h2-9H,10-13H2,1H3. The molecule has 0 aromatic heterocycles. The summed E-state index contributed by atoms with van der Waals surface area (Å²) in [6.45, 7) is 1.89. The van der Waals surface area contributed by atoms with Crippen molar-refractivity contribution in [1.29, 1.82) is 0 Å². The molecule has 0 radical (unpaired) electrons. The van der Waals surface area contributed by atoms with Crippen molar-refractivity contribution >= 4 is 27.3 Å². The lowest BCUT2D eigenvalue weighted by molar-refractivity contribution is -0.122. The molecule has 6 heteroatoms. The van der Waals surface area contributed by atoms with Gasteiger partial charge in [-0.15, -0.1) is 0 Å². The van der Waals surface area contributed by atoms with Gasteiger partial charge < -0.3 is 0 Å². The van der Waals surface area contributed by atoms with Gasteiger partial charge in [0, 0.05) is 12.0 Å². The van der Waals surface area contributed by atoms with E-state index in [-0.39, 0.29) is 29.3 Å². The lowest BCUT2D eigenvalue weighted by atomic mass is 9.80. The Kier molecular flexibility index (Phi) is 3.13. The van der Waals surface area contributed by atoms with Gasteiger partial charge in [0.1, 0.15) is 11.3 Å². The molecule has 1 aliphatic heterocycles. The number of carbonyl (C=O) groups is 2. The monoisotopic (exact) mass is 381 g/mol. The minimum atomic E-state index is -3.99. The number of ketones is 2. The zero-order valence-corrected chi connectivity index (χ0v) is 15.8. The number of carbonyl (C=O) groups excluding carboxylic acids is 2. The van der Waals surface area contributed by atoms with E-state index in [1.165, 1.54) is 4.31 Å². The number of fused-ring (bicyclic) bond motifs is 2. The molecule has 2 saturated carbocycles. The largest absolute Gasteiger partial charge is 0.299 e. The highest BCUT2D eigenvalue weighted by Gasteiger charge is 2.76. The molecule has 5 nitrogen and oxygen atoms in total. The highest BCUT2D eigenvalue weighted by Crippen LogP contribution is 2.67. The average Bonchev–Trinajstić information content (AvgIpc) is 3.36. The third-order valence-electron chi connectivity index (χ3n) is 6.44. The first-order valence-electron chi connectivity index (χ1n) is 9.14. The van der Waals surface area contributed by atoms with Crippen LogP contribution in [0.15, 0.2) is 53.4 Å². The molecule has 1 atom stereocenters. The second-order valence-electron chi connectivity index (χ2n) is 7.79. The summed E-state index contributed by atoms with van der Waals surface area (Å²) in [5.41, 5.74) is -0.423. The van der Waals surface area contributed by atoms with E-state index in [0.29, 0.717) is 24.1 Å². The van der Waals surface area contributed by atoms with Gasteiger partial charge in [0.05, 0.1) is 16.0 Å². The molecule has 2 fully saturated rings. The molecule has 27 heavy (non-hydrogen) atoms. The Hall–Kier alpha value is -2.47. The number of aryl methyl sites for hydroxylation is 1. The maximum Gasteiger partial charge on any atom is 0.265 e. The molecule has 2 aromatic rings. The van der Waals surface area contributed by atoms with Crippen molar-refractivity contribution in [3.63, 3.8) is 0 Å². The number of hydrogen-bond acceptors (Lipinski definition) is 4. The van der Waals surface area contributed by atoms with Crippen molar-refractivity contribution in [1.82, 2.24) is 0 Å². The Bertz CT molecular complexity index is 1100. The number of anilines is 1. The van der Waals surface area contributed by atoms with Crippen LogP contribution in [0.25, 0.3) is 0 Å². The van der Waals surface area contributed by atoms with E-state index < -0.39 is 21.0 Å². The van der Waals surface area contributed by atoms with Gasteiger partial charge in [-0.25, -0.2) is 8.42 Å². The van der Waals surface area contributed by atoms with E-state index in [1.807, 2.05) is 6.92 Å². The van der Waals surface area contributed by atoms with Crippen LogP contribution in [0.2, 0.25) is 0 Å². The second-order valence-corrected chi connectivity index (χ2v) is 9.58. The molecule has 0 saturated heterocycles. The second kappa shape index (κ2) is 5.07. The zero-order chi connectivity index (χ0) is 19.0. The Labute approximate surface area is 158 Å². The van der Waals surface area contributed by atoms with Gasteiger partial charge >= 0.3 is 0 Å². The third kappa shape index (κ3) is 1.86. The molecule has 2 aromatic carbocycles. The van der Waals surface area contributed by atoms with E-state index in [2.05, 4.69) is 0 Å². The number of sulfonamides is 1. The van der Waals surface area contributed by atoms with Gasteiger partial charge in [-0.3, -0.25) is 13.9 Å². The molecule has 2 aliphatic carbocycles. The molecular formula is C21H19NO4S. The molecule has 5 rings (SSSR count). The third-order valence-corrected chi connectivity index (χ3v) is 8.30. The topological polar surface area (TPSA) is 71.5 Å². The first kappa shape index (κ1) is 16.7. The molecule has 3 aliphatic rings. The summed E-state index contributed by atoms with van der Waals surface area (Å²) in [6, 6.07) is 13.4. The van der Waals surface area contributed by atoms with Crippen molar-refractivity contribution in [3.05, 3.63) is 59.7 Å². The fourth-order valence-electron chi connectivity index (χ4n) is 4.96. The van der Waals surface area contributed by atoms with Crippen molar-refractivity contribution in [2.24, 2.45) is 5.41 Å². The summed E-state index contributed by atoms with van der Waals surface area (Å²) in [6.07, 6.45) is 1.65. The number of para-hydroxylation sites is 1. The van der Waals surface area contributed by atoms with Crippen molar-refractivity contribution < 1.29 is 18.0 Å². The zero-order valence-electron chi connectivity index (χ0n) is 14.9. The van der Waals surface area contributed by atoms with Crippen LogP contribution in [-0.2, 0) is 14.8 Å². The van der Waals surface area contributed by atoms with Crippen LogP contribution in [0.1, 0.15) is 41.6 Å². The summed E-state index contributed by atoms with van der Waals surface area (Å²) in [4.78, 5) is 26.3. The van der Waals surface area contributed by atoms with E-state index in [1.54, 1.807) is 48.5 Å². The highest BCUT2D eigenvalue weighted by atomic mass is 32.2. The smallest absolute Gasteiger partial charge is 0.265 e. The SMILES string of the molecule is Cc1ccc(S(=O)(=O)N2c3ccccc3C(=O)C23CCC(=O)C32CC2)cc1. The Morgan fingerprint density at radius 3 is 2.26 bits per heavy atom. The number of Topliss-reactive ketones (excluding diaryl/α,β-unsaturated/α-hetero) is 2. The molecule has 0 amide bonds. The van der Waals surface area contributed by atoms with Crippen molar-refractivity contribution in [3.8, 4) is 0 Å². The predicted octanol–water partition coefficient (Wildman–Crippen LogP) is 3.27. The van der Waals surface area contributed by atoms with E-state index >= 15 is 0 Å². The van der Waals surface area contributed by atoms with Crippen LogP contribution in [0.5, 0.6) is 0 Å². The Morgan fingerprint density at radius 1 is 0.926 bits per heavy atom. The summed E-state index contributed by atoms with van der Waals surface area (Å²) >= 11 is 0. The minimum absolute atomic E-state index is 0.0211. The van der Waals surface area contributed by atoms with Crippen LogP contribution in [-0.4, -0.2) is 25.5 Å². The maximum atomic E-state index is 13.7. The number of nitrogens with zero attached hydrogens (tertiary/aromatic N) is 1. The first-order chi connectivity index (χ1) is 12.8. The Balaban J connectivity index is 1.79. The normalized spacial score (nSPS) is 25.4. The first-order valence-corrected chi connectivity index (χ1v) is 10.6. The van der Waals surface area contributed by atoms with Crippen LogP contribution < -0.4 is 4.31 Å². The summed E-state index contributed by atoms with van der Waals surface area (Å²) in [7, 11) is -3.99. The summed E-state index contributed by atoms with van der Waals surface area (Å²) < 4.78 is 28.7. The van der Waals surface area contributed by atoms with Gasteiger partial charge in [0.25, 0.3) is 10.0 Å². The molecule has 138 valence electrons. The molecule has 2 spiro atoms. The average molecular weight is 381 g/mol. The molecular weight excluding hydrogens is 362 g/mol. The van der Waals surface area contributed by atoms with E-state index in [4.69, 9.17) is 0 Å². The highest BCUT2D eigenvalue weighted by molar-refractivity contribution is 7.93. The van der Waals surface area contributed by atoms with Crippen LogP contribution in [0, 0.1) is 12.3 Å². The summed E-state index contributed by atoms with van der Waals surface area (Å²) in [5, 5.41) is 0. The van der Waals surface area contributed by atoms with E-state index in [9.17, 15) is 18.0 Å². The molecule has 0 N–H and O–H groups in total. The number of hydrogen-bond donors (Lipinski definition) is 0. The van der Waals surface area contributed by atoms with E-state index in [0.717, 1.165) is 5.56 Å². The molecule has 1 heterocycles. The van der Waals surface area contributed by atoms with Gasteiger partial charge in [-0.2, -0.15) is 0 Å². The quantitative estimate of drug-likeness (QED) is 0.800. The van der Waals surface area contributed by atoms with Crippen LogP contribution in [0.4, 0.5) is 5.69 Å². The summed E-state index contributed by atoms with van der Waals surface area (Å²) in [5.74, 6) is -0.204.